The molecule has 0 radical (unpaired) electrons. The Hall–Kier alpha value is -4.38. The van der Waals surface area contributed by atoms with E-state index in [9.17, 15) is 9.59 Å². The number of fused-ring (bicyclic) bond motifs is 2. The maximum Gasteiger partial charge on any atom is 0.318 e. The van der Waals surface area contributed by atoms with Gasteiger partial charge in [0.05, 0.1) is 26.9 Å². The number of benzene rings is 4. The highest BCUT2D eigenvalue weighted by atomic mass is 35.5. The molecule has 0 aliphatic carbocycles. The van der Waals surface area contributed by atoms with E-state index in [0.717, 1.165) is 49.4 Å². The first-order valence-electron chi connectivity index (χ1n) is 18.0. The molecule has 0 saturated carbocycles. The van der Waals surface area contributed by atoms with Crippen LogP contribution >= 0.6 is 23.4 Å². The number of hydrogen-bond donors (Lipinski definition) is 1. The molecule has 1 N–H and O–H groups in total. The molecule has 53 heavy (non-hydrogen) atoms. The number of rotatable bonds is 13. The van der Waals surface area contributed by atoms with Crippen LogP contribution in [0.3, 0.4) is 0 Å². The van der Waals surface area contributed by atoms with E-state index in [0.29, 0.717) is 34.3 Å². The molecule has 11 heteroatoms. The maximum atomic E-state index is 14.3. The van der Waals surface area contributed by atoms with Gasteiger partial charge in [0.2, 0.25) is 5.75 Å². The van der Waals surface area contributed by atoms with Crippen LogP contribution in [0.1, 0.15) is 51.9 Å². The largest absolute Gasteiger partial charge is 0.493 e. The van der Waals surface area contributed by atoms with Crippen molar-refractivity contribution in [2.45, 2.75) is 41.8 Å². The molecule has 3 amide bonds. The van der Waals surface area contributed by atoms with Crippen molar-refractivity contribution in [2.24, 2.45) is 0 Å². The van der Waals surface area contributed by atoms with Gasteiger partial charge >= 0.3 is 6.03 Å². The average Bonchev–Trinajstić information content (AvgIpc) is 3.56. The minimum absolute atomic E-state index is 0.159. The number of nitrogens with one attached hydrogen (secondary N) is 1. The first kappa shape index (κ1) is 38.3. The number of urea groups is 1. The zero-order chi connectivity index (χ0) is 37.6. The van der Waals surface area contributed by atoms with Crippen molar-refractivity contribution in [3.63, 3.8) is 0 Å². The van der Waals surface area contributed by atoms with Crippen LogP contribution in [0.15, 0.2) is 91.0 Å². The highest BCUT2D eigenvalue weighted by Gasteiger charge is 2.44. The highest BCUT2D eigenvalue weighted by Crippen LogP contribution is 2.53. The molecule has 4 aromatic rings. The van der Waals surface area contributed by atoms with Crippen molar-refractivity contribution in [3.05, 3.63) is 124 Å². The molecule has 2 aliphatic heterocycles. The summed E-state index contributed by atoms with van der Waals surface area (Å²) in [6, 6.07) is 29.5. The van der Waals surface area contributed by atoms with Crippen LogP contribution in [-0.2, 0) is 22.6 Å². The van der Waals surface area contributed by atoms with Gasteiger partial charge in [0, 0.05) is 54.8 Å². The fourth-order valence-corrected chi connectivity index (χ4v) is 9.54. The molecule has 1 fully saturated rings. The quantitative estimate of drug-likeness (QED) is 0.149. The summed E-state index contributed by atoms with van der Waals surface area (Å²) < 4.78 is 16.8. The molecule has 4 aromatic carbocycles. The monoisotopic (exact) mass is 756 g/mol. The summed E-state index contributed by atoms with van der Waals surface area (Å²) in [6.07, 6.45) is 2.73. The molecule has 2 aliphatic rings. The number of piperidine rings is 1. The Kier molecular flexibility index (Phi) is 12.1. The number of nitrogens with zero attached hydrogens (tertiary/aromatic N) is 3. The van der Waals surface area contributed by atoms with Crippen LogP contribution in [-0.4, -0.2) is 88.2 Å². The molecule has 2 heterocycles. The number of likely N-dealkylation sites (N-methyl/N-ethyl adjacent to an activating group) is 2. The molecule has 9 nitrogen and oxygen atoms in total. The van der Waals surface area contributed by atoms with E-state index in [2.05, 4.69) is 46.2 Å². The molecule has 0 bridgehead atoms. The normalized spacial score (nSPS) is 16.0. The lowest BCUT2D eigenvalue weighted by molar-refractivity contribution is 0.0538. The van der Waals surface area contributed by atoms with E-state index < -0.39 is 5.54 Å². The van der Waals surface area contributed by atoms with Crippen LogP contribution < -0.4 is 19.5 Å². The zero-order valence-corrected chi connectivity index (χ0v) is 32.8. The second-order valence-electron chi connectivity index (χ2n) is 13.8. The van der Waals surface area contributed by atoms with E-state index in [4.69, 9.17) is 25.8 Å². The molecular weight excluding hydrogens is 708 g/mol. The molecule has 280 valence electrons. The standard InChI is InChI=1S/C42H49ClN4O5S/c1-45(39(48)32-25-36(50-3)38(52-5)37(26-32)51-4)29-41(33-15-7-6-8-16-33,46(2)40(49)44-27-30-13-10-12-18-35(30)43)19-22-47-23-20-42(21-24-47)34-17-11-9-14-31(34)28-53-42/h6-18,25-26H,19-24,27-29H2,1-5H3,(H,44,49). The number of likely N-dealkylation sites (tertiary alicyclic amines) is 1. The zero-order valence-electron chi connectivity index (χ0n) is 31.2. The van der Waals surface area contributed by atoms with Crippen molar-refractivity contribution < 1.29 is 23.8 Å². The van der Waals surface area contributed by atoms with Crippen LogP contribution in [0, 0.1) is 0 Å². The van der Waals surface area contributed by atoms with Gasteiger partial charge in [0.15, 0.2) is 11.5 Å². The van der Waals surface area contributed by atoms with E-state index in [1.54, 1.807) is 29.0 Å². The van der Waals surface area contributed by atoms with Gasteiger partial charge in [-0.05, 0) is 72.8 Å². The summed E-state index contributed by atoms with van der Waals surface area (Å²) in [7, 11) is 8.18. The number of methoxy groups -OCH3 is 3. The van der Waals surface area contributed by atoms with Gasteiger partial charge in [-0.15, -0.1) is 11.8 Å². The Morgan fingerprint density at radius 2 is 1.53 bits per heavy atom. The fraction of sp³-hybridized carbons (Fsp3) is 0.381. The number of hydrogen-bond acceptors (Lipinski definition) is 7. The van der Waals surface area contributed by atoms with Gasteiger partial charge < -0.3 is 34.2 Å². The Morgan fingerprint density at radius 3 is 2.19 bits per heavy atom. The van der Waals surface area contributed by atoms with Crippen molar-refractivity contribution in [2.75, 3.05) is 61.6 Å². The Morgan fingerprint density at radius 1 is 0.887 bits per heavy atom. The highest BCUT2D eigenvalue weighted by molar-refractivity contribution is 7.99. The predicted molar refractivity (Wildman–Crippen MR) is 212 cm³/mol. The number of carbonyl (C=O) groups excluding carboxylic acids is 2. The first-order valence-corrected chi connectivity index (χ1v) is 19.3. The summed E-state index contributed by atoms with van der Waals surface area (Å²) >= 11 is 8.54. The lowest BCUT2D eigenvalue weighted by Crippen LogP contribution is -2.58. The van der Waals surface area contributed by atoms with Crippen molar-refractivity contribution >= 4 is 35.3 Å². The summed E-state index contributed by atoms with van der Waals surface area (Å²) in [6.45, 7) is 3.14. The van der Waals surface area contributed by atoms with E-state index in [1.165, 1.54) is 32.5 Å². The van der Waals surface area contributed by atoms with Crippen LogP contribution in [0.25, 0.3) is 0 Å². The molecular formula is C42H49ClN4O5S. The first-order chi connectivity index (χ1) is 25.6. The van der Waals surface area contributed by atoms with Gasteiger partial charge in [-0.1, -0.05) is 84.4 Å². The summed E-state index contributed by atoms with van der Waals surface area (Å²) in [4.78, 5) is 34.5. The van der Waals surface area contributed by atoms with Crippen LogP contribution in [0.4, 0.5) is 4.79 Å². The SMILES string of the molecule is COc1cc(C(=O)N(C)CC(CCN2CCC3(CC2)SCc2ccccc23)(c2ccccc2)N(C)C(=O)NCc2ccccc2Cl)cc(OC)c1OC. The summed E-state index contributed by atoms with van der Waals surface area (Å²) in [5.74, 6) is 2.00. The Labute approximate surface area is 322 Å². The number of carbonyl (C=O) groups is 2. The average molecular weight is 757 g/mol. The van der Waals surface area contributed by atoms with Gasteiger partial charge in [0.25, 0.3) is 5.91 Å². The molecule has 6 rings (SSSR count). The second-order valence-corrected chi connectivity index (χ2v) is 15.6. The lowest BCUT2D eigenvalue weighted by Gasteiger charge is -2.46. The third-order valence-electron chi connectivity index (χ3n) is 10.9. The van der Waals surface area contributed by atoms with Gasteiger partial charge in [-0.2, -0.15) is 0 Å². The molecule has 1 spiro atoms. The Balaban J connectivity index is 1.30. The minimum Gasteiger partial charge on any atom is -0.493 e. The number of halogens is 1. The predicted octanol–water partition coefficient (Wildman–Crippen LogP) is 7.80. The van der Waals surface area contributed by atoms with Crippen molar-refractivity contribution in [1.82, 2.24) is 20.0 Å². The number of amides is 3. The third kappa shape index (κ3) is 7.95. The van der Waals surface area contributed by atoms with E-state index in [-0.39, 0.29) is 29.8 Å². The van der Waals surface area contributed by atoms with E-state index >= 15 is 0 Å². The minimum atomic E-state index is -0.902. The third-order valence-corrected chi connectivity index (χ3v) is 12.9. The molecule has 0 aromatic heterocycles. The van der Waals surface area contributed by atoms with Gasteiger partial charge in [0.1, 0.15) is 0 Å². The van der Waals surface area contributed by atoms with E-state index in [1.807, 2.05) is 61.6 Å². The molecule has 1 unspecified atom stereocenters. The fourth-order valence-electron chi connectivity index (χ4n) is 7.82. The smallest absolute Gasteiger partial charge is 0.318 e. The topological polar surface area (TPSA) is 83.6 Å². The van der Waals surface area contributed by atoms with Crippen LogP contribution in [0.2, 0.25) is 5.02 Å². The molecule has 1 saturated heterocycles. The van der Waals surface area contributed by atoms with Gasteiger partial charge in [-0.3, -0.25) is 4.79 Å². The Bertz CT molecular complexity index is 1880. The van der Waals surface area contributed by atoms with Gasteiger partial charge in [-0.25, -0.2) is 4.79 Å². The maximum absolute atomic E-state index is 14.3. The molecule has 1 atom stereocenters. The number of thioether (sulfide) groups is 1. The number of ether oxygens (including phenoxy) is 3. The van der Waals surface area contributed by atoms with Crippen molar-refractivity contribution in [1.29, 1.82) is 0 Å². The van der Waals surface area contributed by atoms with Crippen LogP contribution in [0.5, 0.6) is 17.2 Å². The summed E-state index contributed by atoms with van der Waals surface area (Å²) in [5, 5.41) is 3.70. The summed E-state index contributed by atoms with van der Waals surface area (Å²) in [5.41, 5.74) is 4.19. The lowest BCUT2D eigenvalue weighted by atomic mass is 9.83. The second kappa shape index (κ2) is 16.7. The van der Waals surface area contributed by atoms with Crippen molar-refractivity contribution in [3.8, 4) is 17.2 Å².